The van der Waals surface area contributed by atoms with Crippen LogP contribution in [0.2, 0.25) is 0 Å². The van der Waals surface area contributed by atoms with Gasteiger partial charge < -0.3 is 33.5 Å². The number of aryl methyl sites for hydroxylation is 1. The third-order valence-electron chi connectivity index (χ3n) is 8.83. The molecular formula is C36H40N2O10. The van der Waals surface area contributed by atoms with Gasteiger partial charge in [0.25, 0.3) is 5.56 Å². The van der Waals surface area contributed by atoms with Crippen molar-refractivity contribution in [3.8, 4) is 11.5 Å². The number of benzene rings is 3. The first-order chi connectivity index (χ1) is 23.0. The summed E-state index contributed by atoms with van der Waals surface area (Å²) in [6, 6.07) is 24.4. The molecule has 0 bridgehead atoms. The largest absolute Gasteiger partial charge is 0.497 e. The number of esters is 1. The van der Waals surface area contributed by atoms with E-state index in [0.29, 0.717) is 11.5 Å². The highest BCUT2D eigenvalue weighted by Gasteiger charge is 2.62. The van der Waals surface area contributed by atoms with Gasteiger partial charge in [-0.05, 0) is 54.8 Å². The highest BCUT2D eigenvalue weighted by molar-refractivity contribution is 5.66. The molecule has 1 fully saturated rings. The molecule has 0 radical (unpaired) electrons. The molecule has 3 aromatic carbocycles. The van der Waals surface area contributed by atoms with E-state index in [-0.39, 0.29) is 12.2 Å². The van der Waals surface area contributed by atoms with Crippen molar-refractivity contribution < 1.29 is 38.3 Å². The molecule has 0 amide bonds. The zero-order valence-corrected chi connectivity index (χ0v) is 27.7. The second-order valence-corrected chi connectivity index (χ2v) is 11.6. The fourth-order valence-corrected chi connectivity index (χ4v) is 6.21. The van der Waals surface area contributed by atoms with Crippen LogP contribution in [0.5, 0.6) is 11.5 Å². The second-order valence-electron chi connectivity index (χ2n) is 11.6. The Hall–Kier alpha value is -4.75. The number of H-pyrrole nitrogens is 1. The Labute approximate surface area is 277 Å². The molecule has 12 nitrogen and oxygen atoms in total. The molecule has 1 aliphatic rings. The lowest BCUT2D eigenvalue weighted by molar-refractivity contribution is -0.191. The minimum Gasteiger partial charge on any atom is -0.497 e. The Bertz CT molecular complexity index is 1770. The maximum absolute atomic E-state index is 13.1. The van der Waals surface area contributed by atoms with Crippen LogP contribution in [0, 0.1) is 6.92 Å². The third kappa shape index (κ3) is 6.27. The summed E-state index contributed by atoms with van der Waals surface area (Å²) in [5.74, 6) is 0.598. The van der Waals surface area contributed by atoms with Gasteiger partial charge in [-0.15, -0.1) is 0 Å². The van der Waals surface area contributed by atoms with Gasteiger partial charge in [-0.3, -0.25) is 19.1 Å². The minimum atomic E-state index is -2.10. The number of hydrogen-bond acceptors (Lipinski definition) is 10. The van der Waals surface area contributed by atoms with E-state index in [1.165, 1.54) is 27.2 Å². The number of nitrogens with zero attached hydrogens (tertiary/aromatic N) is 1. The molecule has 0 aliphatic carbocycles. The summed E-state index contributed by atoms with van der Waals surface area (Å²) in [6.07, 6.45) is -3.66. The van der Waals surface area contributed by atoms with Gasteiger partial charge in [0.1, 0.15) is 23.2 Å². The van der Waals surface area contributed by atoms with Crippen molar-refractivity contribution in [3.63, 3.8) is 0 Å². The Morgan fingerprint density at radius 3 is 1.98 bits per heavy atom. The van der Waals surface area contributed by atoms with Gasteiger partial charge in [-0.1, -0.05) is 54.6 Å². The number of ether oxygens (including phenoxy) is 6. The third-order valence-corrected chi connectivity index (χ3v) is 8.83. The Balaban J connectivity index is 1.68. The van der Waals surface area contributed by atoms with Crippen molar-refractivity contribution in [1.82, 2.24) is 9.55 Å². The van der Waals surface area contributed by atoms with Crippen molar-refractivity contribution in [1.29, 1.82) is 0 Å². The summed E-state index contributed by atoms with van der Waals surface area (Å²) in [4.78, 5) is 40.1. The minimum absolute atomic E-state index is 0.205. The summed E-state index contributed by atoms with van der Waals surface area (Å²) >= 11 is 0. The molecule has 1 aliphatic heterocycles. The monoisotopic (exact) mass is 660 g/mol. The van der Waals surface area contributed by atoms with Crippen molar-refractivity contribution >= 4 is 5.97 Å². The van der Waals surface area contributed by atoms with Crippen molar-refractivity contribution in [2.45, 2.75) is 56.5 Å². The van der Waals surface area contributed by atoms with E-state index in [9.17, 15) is 19.5 Å². The normalized spacial score (nSPS) is 21.4. The van der Waals surface area contributed by atoms with Crippen molar-refractivity contribution in [2.24, 2.45) is 0 Å². The summed E-state index contributed by atoms with van der Waals surface area (Å²) in [6.45, 7) is 4.06. The molecule has 0 saturated carbocycles. The van der Waals surface area contributed by atoms with Crippen LogP contribution in [-0.4, -0.2) is 72.5 Å². The average molecular weight is 661 g/mol. The Kier molecular flexibility index (Phi) is 10.2. The number of aliphatic hydroxyl groups is 1. The zero-order valence-electron chi connectivity index (χ0n) is 27.7. The topological polar surface area (TPSA) is 148 Å². The predicted molar refractivity (Wildman–Crippen MR) is 175 cm³/mol. The number of carbonyl (C=O) groups is 1. The van der Waals surface area contributed by atoms with Crippen LogP contribution in [0.25, 0.3) is 0 Å². The SMILES string of the molecule is COc1ccc(C(OC[C@H]2O[C@@H](n3cc(C)c(=O)[nH]c3=O)[C@@](O)(C(C)OC)[C@@H]2OC(C)=O)(c2ccccc2)c2ccc(OC)cc2)cc1. The molecule has 254 valence electrons. The van der Waals surface area contributed by atoms with Crippen LogP contribution in [0.4, 0.5) is 0 Å². The van der Waals surface area contributed by atoms with Gasteiger partial charge >= 0.3 is 11.7 Å². The summed E-state index contributed by atoms with van der Waals surface area (Å²) < 4.78 is 36.7. The Morgan fingerprint density at radius 1 is 0.938 bits per heavy atom. The lowest BCUT2D eigenvalue weighted by Gasteiger charge is -2.38. The van der Waals surface area contributed by atoms with E-state index in [2.05, 4.69) is 4.98 Å². The van der Waals surface area contributed by atoms with E-state index in [4.69, 9.17) is 28.4 Å². The molecule has 0 spiro atoms. The van der Waals surface area contributed by atoms with E-state index in [1.54, 1.807) is 21.1 Å². The van der Waals surface area contributed by atoms with Crippen LogP contribution >= 0.6 is 0 Å². The van der Waals surface area contributed by atoms with Crippen molar-refractivity contribution in [2.75, 3.05) is 27.9 Å². The molecule has 5 atom stereocenters. The zero-order chi connectivity index (χ0) is 34.6. The van der Waals surface area contributed by atoms with Crippen molar-refractivity contribution in [3.05, 3.63) is 128 Å². The van der Waals surface area contributed by atoms with Gasteiger partial charge in [0.2, 0.25) is 0 Å². The number of nitrogens with one attached hydrogen (secondary N) is 1. The first-order valence-electron chi connectivity index (χ1n) is 15.4. The quantitative estimate of drug-likeness (QED) is 0.171. The number of carbonyl (C=O) groups excluding carboxylic acids is 1. The predicted octanol–water partition coefficient (Wildman–Crippen LogP) is 3.47. The van der Waals surface area contributed by atoms with Gasteiger partial charge in [0, 0.05) is 25.8 Å². The van der Waals surface area contributed by atoms with Crippen LogP contribution in [0.1, 0.15) is 42.3 Å². The van der Waals surface area contributed by atoms with Crippen LogP contribution in [0.3, 0.4) is 0 Å². The smallest absolute Gasteiger partial charge is 0.330 e. The lowest BCUT2D eigenvalue weighted by Crippen LogP contribution is -2.58. The van der Waals surface area contributed by atoms with Crippen LogP contribution < -0.4 is 20.7 Å². The first-order valence-corrected chi connectivity index (χ1v) is 15.4. The molecule has 2 heterocycles. The summed E-state index contributed by atoms with van der Waals surface area (Å²) in [7, 11) is 4.54. The number of hydrogen-bond donors (Lipinski definition) is 2. The standard InChI is InChI=1S/C36H40N2O10/c1-22-20-38(34(41)37-32(22)40)33-35(42,23(2)43-4)31(47-24(3)39)30(48-33)21-46-36(25-10-8-7-9-11-25,26-12-16-28(44-5)17-13-26)27-14-18-29(45-6)19-15-27/h7-20,23,30-31,33,42H,21H2,1-6H3,(H,37,40,41)/t23?,30-,31-,33-,35-/m1/s1. The number of aromatic amines is 1. The number of aromatic nitrogens is 2. The fourth-order valence-electron chi connectivity index (χ4n) is 6.21. The fraction of sp³-hybridized carbons (Fsp3) is 0.361. The second kappa shape index (κ2) is 14.2. The summed E-state index contributed by atoms with van der Waals surface area (Å²) in [5.41, 5.74) is -2.31. The van der Waals surface area contributed by atoms with Crippen LogP contribution in [0.15, 0.2) is 94.6 Å². The van der Waals surface area contributed by atoms with E-state index in [0.717, 1.165) is 21.3 Å². The Morgan fingerprint density at radius 2 is 1.48 bits per heavy atom. The van der Waals surface area contributed by atoms with Crippen LogP contribution in [-0.2, 0) is 29.3 Å². The first kappa shape index (κ1) is 34.6. The highest BCUT2D eigenvalue weighted by Crippen LogP contribution is 2.46. The molecule has 1 aromatic heterocycles. The van der Waals surface area contributed by atoms with Gasteiger partial charge in [0.15, 0.2) is 17.9 Å². The molecule has 5 rings (SSSR count). The molecule has 48 heavy (non-hydrogen) atoms. The number of rotatable bonds is 12. The van der Waals surface area contributed by atoms with Gasteiger partial charge in [0.05, 0.1) is 26.9 Å². The molecule has 12 heteroatoms. The maximum atomic E-state index is 13.1. The molecule has 4 aromatic rings. The average Bonchev–Trinajstić information content (AvgIpc) is 3.38. The summed E-state index contributed by atoms with van der Waals surface area (Å²) in [5, 5.41) is 12.4. The van der Waals surface area contributed by atoms with Gasteiger partial charge in [-0.2, -0.15) is 0 Å². The lowest BCUT2D eigenvalue weighted by atomic mass is 9.80. The molecule has 2 N–H and O–H groups in total. The number of methoxy groups -OCH3 is 3. The van der Waals surface area contributed by atoms with E-state index < -0.39 is 53.0 Å². The molecular weight excluding hydrogens is 620 g/mol. The van der Waals surface area contributed by atoms with E-state index in [1.807, 2.05) is 78.9 Å². The van der Waals surface area contributed by atoms with Gasteiger partial charge in [-0.25, -0.2) is 4.79 Å². The molecule has 1 unspecified atom stereocenters. The maximum Gasteiger partial charge on any atom is 0.330 e. The highest BCUT2D eigenvalue weighted by atomic mass is 16.6. The van der Waals surface area contributed by atoms with E-state index >= 15 is 0 Å². The molecule has 1 saturated heterocycles.